The van der Waals surface area contributed by atoms with Gasteiger partial charge in [0.05, 0.1) is 36.7 Å². The summed E-state index contributed by atoms with van der Waals surface area (Å²) in [5.74, 6) is -4.30. The van der Waals surface area contributed by atoms with Gasteiger partial charge in [-0.25, -0.2) is 24.7 Å². The van der Waals surface area contributed by atoms with Crippen LogP contribution in [0.1, 0.15) is 31.4 Å². The summed E-state index contributed by atoms with van der Waals surface area (Å²) in [6, 6.07) is 4.22. The maximum absolute atomic E-state index is 13.4. The molecule has 0 radical (unpaired) electrons. The second kappa shape index (κ2) is 10.2. The molecule has 0 aromatic carbocycles. The van der Waals surface area contributed by atoms with Gasteiger partial charge in [0.25, 0.3) is 5.56 Å². The minimum atomic E-state index is -3.19. The van der Waals surface area contributed by atoms with Crippen LogP contribution >= 0.6 is 0 Å². The van der Waals surface area contributed by atoms with E-state index in [0.29, 0.717) is 18.2 Å². The van der Waals surface area contributed by atoms with Crippen LogP contribution in [-0.2, 0) is 24.3 Å². The average Bonchev–Trinajstić information content (AvgIpc) is 3.39. The number of amides is 1. The molecule has 0 fully saturated rings. The summed E-state index contributed by atoms with van der Waals surface area (Å²) >= 11 is 0. The molecule has 40 heavy (non-hydrogen) atoms. The number of alkyl halides is 2. The third kappa shape index (κ3) is 4.95. The second-order valence-corrected chi connectivity index (χ2v) is 9.02. The first-order valence-electron chi connectivity index (χ1n) is 11.9. The van der Waals surface area contributed by atoms with Gasteiger partial charge in [-0.05, 0) is 19.1 Å². The fourth-order valence-electron chi connectivity index (χ4n) is 3.99. The molecule has 0 aliphatic heterocycles. The standard InChI is InChI=1S/C25H22F2N10O3/c1-14(21(38)34-18-11-28-10-17(33-18)15-8-30-23(31-9-15)25(2,26)27)37-13-32-20-19(37)22(39)36(24(40)35(20)3)12-16-6-4-5-7-29-16/h4-11,13-14H,12H2,1-3H3,(H,33,34,38)/t14-/m0/s1. The minimum absolute atomic E-state index is 0.0585. The largest absolute Gasteiger partial charge is 0.332 e. The molecule has 0 saturated carbocycles. The quantitative estimate of drug-likeness (QED) is 0.321. The van der Waals surface area contributed by atoms with E-state index in [2.05, 4.69) is 35.2 Å². The highest BCUT2D eigenvalue weighted by atomic mass is 19.3. The Morgan fingerprint density at radius 2 is 1.82 bits per heavy atom. The zero-order valence-electron chi connectivity index (χ0n) is 21.5. The van der Waals surface area contributed by atoms with Crippen molar-refractivity contribution in [3.8, 4) is 11.3 Å². The van der Waals surface area contributed by atoms with E-state index in [1.165, 1.54) is 47.3 Å². The molecule has 0 spiro atoms. The van der Waals surface area contributed by atoms with Crippen LogP contribution < -0.4 is 16.6 Å². The van der Waals surface area contributed by atoms with Crippen molar-refractivity contribution in [2.75, 3.05) is 5.32 Å². The fourth-order valence-corrected chi connectivity index (χ4v) is 3.99. The van der Waals surface area contributed by atoms with Crippen molar-refractivity contribution >= 4 is 22.9 Å². The molecule has 13 nitrogen and oxygen atoms in total. The van der Waals surface area contributed by atoms with Gasteiger partial charge in [0.1, 0.15) is 6.04 Å². The van der Waals surface area contributed by atoms with E-state index in [1.807, 2.05) is 0 Å². The molecule has 0 unspecified atom stereocenters. The Kier molecular flexibility index (Phi) is 6.71. The lowest BCUT2D eigenvalue weighted by atomic mass is 10.2. The van der Waals surface area contributed by atoms with Gasteiger partial charge < -0.3 is 9.88 Å². The van der Waals surface area contributed by atoms with Gasteiger partial charge >= 0.3 is 11.6 Å². The summed E-state index contributed by atoms with van der Waals surface area (Å²) in [4.78, 5) is 63.5. The van der Waals surface area contributed by atoms with Crippen molar-refractivity contribution in [2.45, 2.75) is 32.4 Å². The molecular weight excluding hydrogens is 526 g/mol. The fraction of sp³-hybridized carbons (Fsp3) is 0.240. The first kappa shape index (κ1) is 26.4. The van der Waals surface area contributed by atoms with E-state index in [9.17, 15) is 23.2 Å². The normalized spacial score (nSPS) is 12.4. The number of imidazole rings is 1. The molecule has 0 saturated heterocycles. The highest BCUT2D eigenvalue weighted by molar-refractivity contribution is 5.93. The zero-order chi connectivity index (χ0) is 28.6. The number of carbonyl (C=O) groups is 1. The van der Waals surface area contributed by atoms with Gasteiger partial charge in [-0.2, -0.15) is 8.78 Å². The Labute approximate surface area is 224 Å². The van der Waals surface area contributed by atoms with E-state index < -0.39 is 34.9 Å². The van der Waals surface area contributed by atoms with Crippen molar-refractivity contribution in [1.82, 2.24) is 43.6 Å². The lowest BCUT2D eigenvalue weighted by molar-refractivity contribution is -0.118. The van der Waals surface area contributed by atoms with Crippen molar-refractivity contribution in [2.24, 2.45) is 7.05 Å². The molecule has 5 heterocycles. The van der Waals surface area contributed by atoms with Crippen molar-refractivity contribution < 1.29 is 13.6 Å². The molecule has 0 aliphatic rings. The average molecular weight is 549 g/mol. The number of nitrogens with zero attached hydrogens (tertiary/aromatic N) is 9. The topological polar surface area (TPSA) is 155 Å². The van der Waals surface area contributed by atoms with Crippen molar-refractivity contribution in [3.63, 3.8) is 0 Å². The molecule has 15 heteroatoms. The van der Waals surface area contributed by atoms with Crippen LogP contribution in [0.15, 0.2) is 65.1 Å². The number of fused-ring (bicyclic) bond motifs is 1. The van der Waals surface area contributed by atoms with Crippen LogP contribution in [0.2, 0.25) is 0 Å². The third-order valence-corrected chi connectivity index (χ3v) is 6.13. The summed E-state index contributed by atoms with van der Waals surface area (Å²) in [5, 5.41) is 2.63. The lowest BCUT2D eigenvalue weighted by Gasteiger charge is -2.15. The molecule has 204 valence electrons. The maximum atomic E-state index is 13.4. The number of nitrogens with one attached hydrogen (secondary N) is 1. The molecule has 1 N–H and O–H groups in total. The Morgan fingerprint density at radius 1 is 1.07 bits per heavy atom. The molecule has 5 rings (SSSR count). The SMILES string of the molecule is C[C@@H](C(=O)Nc1cncc(-c2cnc(C(C)(F)F)nc2)n1)n1cnc2c1c(=O)n(Cc1ccccn1)c(=O)n2C. The predicted octanol–water partition coefficient (Wildman–Crippen LogP) is 1.90. The summed E-state index contributed by atoms with van der Waals surface area (Å²) < 4.78 is 30.5. The van der Waals surface area contributed by atoms with Crippen LogP contribution in [0, 0.1) is 0 Å². The molecule has 0 bridgehead atoms. The highest BCUT2D eigenvalue weighted by Crippen LogP contribution is 2.24. The van der Waals surface area contributed by atoms with E-state index >= 15 is 0 Å². The van der Waals surface area contributed by atoms with E-state index in [0.717, 1.165) is 4.57 Å². The van der Waals surface area contributed by atoms with Gasteiger partial charge in [0, 0.05) is 38.1 Å². The number of halogens is 2. The van der Waals surface area contributed by atoms with Crippen molar-refractivity contribution in [3.05, 3.63) is 87.9 Å². The van der Waals surface area contributed by atoms with Gasteiger partial charge in [-0.15, -0.1) is 0 Å². The summed E-state index contributed by atoms with van der Waals surface area (Å²) in [6.45, 7) is 2.19. The van der Waals surface area contributed by atoms with E-state index in [-0.39, 0.29) is 29.2 Å². The molecule has 5 aromatic heterocycles. The van der Waals surface area contributed by atoms with Crippen LogP contribution in [0.5, 0.6) is 0 Å². The monoisotopic (exact) mass is 548 g/mol. The van der Waals surface area contributed by atoms with Crippen molar-refractivity contribution in [1.29, 1.82) is 0 Å². The van der Waals surface area contributed by atoms with Gasteiger partial charge in [-0.1, -0.05) is 6.07 Å². The van der Waals surface area contributed by atoms with E-state index in [1.54, 1.807) is 31.3 Å². The van der Waals surface area contributed by atoms with E-state index in [4.69, 9.17) is 0 Å². The van der Waals surface area contributed by atoms with Crippen LogP contribution in [-0.4, -0.2) is 49.5 Å². The van der Waals surface area contributed by atoms with Crippen LogP contribution in [0.3, 0.4) is 0 Å². The predicted molar refractivity (Wildman–Crippen MR) is 139 cm³/mol. The zero-order valence-corrected chi connectivity index (χ0v) is 21.5. The second-order valence-electron chi connectivity index (χ2n) is 9.02. The maximum Gasteiger partial charge on any atom is 0.332 e. The van der Waals surface area contributed by atoms with Gasteiger partial charge in [0.2, 0.25) is 5.91 Å². The Morgan fingerprint density at radius 3 is 2.50 bits per heavy atom. The summed E-state index contributed by atoms with van der Waals surface area (Å²) in [5.41, 5.74) is 0.0673. The number of rotatable bonds is 7. The number of carbonyl (C=O) groups excluding carboxylic acids is 1. The molecule has 1 atom stereocenters. The molecule has 5 aromatic rings. The first-order chi connectivity index (χ1) is 19.0. The summed E-state index contributed by atoms with van der Waals surface area (Å²) in [7, 11) is 1.49. The number of hydrogen-bond donors (Lipinski definition) is 1. The number of aryl methyl sites for hydroxylation is 1. The number of hydrogen-bond acceptors (Lipinski definition) is 9. The number of aromatic nitrogens is 9. The smallest absolute Gasteiger partial charge is 0.312 e. The first-order valence-corrected chi connectivity index (χ1v) is 11.9. The Balaban J connectivity index is 1.43. The highest BCUT2D eigenvalue weighted by Gasteiger charge is 2.28. The Bertz CT molecular complexity index is 1830. The molecule has 0 aliphatic carbocycles. The Hall–Kier alpha value is -5.21. The molecule has 1 amide bonds. The molecular formula is C25H22F2N10O3. The number of anilines is 1. The minimum Gasteiger partial charge on any atom is -0.312 e. The third-order valence-electron chi connectivity index (χ3n) is 6.13. The summed E-state index contributed by atoms with van der Waals surface area (Å²) in [6.07, 6.45) is 7.93. The number of pyridine rings is 1. The van der Waals surface area contributed by atoms with Gasteiger partial charge in [-0.3, -0.25) is 28.7 Å². The van der Waals surface area contributed by atoms with Crippen LogP contribution in [0.25, 0.3) is 22.4 Å². The van der Waals surface area contributed by atoms with Crippen LogP contribution in [0.4, 0.5) is 14.6 Å². The lowest BCUT2D eigenvalue weighted by Crippen LogP contribution is -2.40. The van der Waals surface area contributed by atoms with Gasteiger partial charge in [0.15, 0.2) is 22.8 Å².